The summed E-state index contributed by atoms with van der Waals surface area (Å²) in [6.45, 7) is 1.30. The van der Waals surface area contributed by atoms with Crippen molar-refractivity contribution in [3.8, 4) is 12.1 Å². The molecule has 182 valence electrons. The number of urea groups is 1. The molecule has 13 heteroatoms. The van der Waals surface area contributed by atoms with Crippen LogP contribution in [0, 0.1) is 22.7 Å². The summed E-state index contributed by atoms with van der Waals surface area (Å²) in [5.74, 6) is 0. The second-order valence-electron chi connectivity index (χ2n) is 7.56. The number of carbonyl (C=O) groups excluding carboxylic acids is 1. The Kier molecular flexibility index (Phi) is 6.79. The quantitative estimate of drug-likeness (QED) is 0.597. The molecule has 2 aromatic carbocycles. The van der Waals surface area contributed by atoms with E-state index in [9.17, 15) is 41.1 Å². The zero-order valence-electron chi connectivity index (χ0n) is 18.5. The van der Waals surface area contributed by atoms with Gasteiger partial charge >= 0.3 is 12.2 Å². The predicted molar refractivity (Wildman–Crippen MR) is 121 cm³/mol. The van der Waals surface area contributed by atoms with E-state index >= 15 is 0 Å². The predicted octanol–water partition coefficient (Wildman–Crippen LogP) is 4.05. The molecule has 1 aliphatic rings. The van der Waals surface area contributed by atoms with Crippen molar-refractivity contribution in [2.45, 2.75) is 24.0 Å². The lowest BCUT2D eigenvalue weighted by Gasteiger charge is -2.40. The number of nitriles is 2. The van der Waals surface area contributed by atoms with Gasteiger partial charge in [0.2, 0.25) is 10.0 Å². The van der Waals surface area contributed by atoms with Gasteiger partial charge in [-0.3, -0.25) is 9.11 Å². The number of carbonyl (C=O) groups is 1. The van der Waals surface area contributed by atoms with Crippen LogP contribution in [0.5, 0.6) is 0 Å². The molecular weight excluding hydrogens is 505 g/mol. The number of hydrogen-bond acceptors (Lipinski definition) is 6. The Morgan fingerprint density at radius 3 is 2.26 bits per heavy atom. The molecule has 0 bridgehead atoms. The molecule has 0 N–H and O–H groups in total. The van der Waals surface area contributed by atoms with E-state index in [4.69, 9.17) is 0 Å². The molecule has 0 aliphatic carbocycles. The number of nitrogens with zero attached hydrogens (tertiary/aromatic N) is 4. The molecule has 0 fully saturated rings. The van der Waals surface area contributed by atoms with Gasteiger partial charge in [-0.2, -0.15) is 23.7 Å². The first-order valence-electron chi connectivity index (χ1n) is 9.71. The van der Waals surface area contributed by atoms with Gasteiger partial charge in [0.05, 0.1) is 51.6 Å². The van der Waals surface area contributed by atoms with Crippen molar-refractivity contribution >= 4 is 32.5 Å². The molecule has 2 aromatic rings. The summed E-state index contributed by atoms with van der Waals surface area (Å²) in [6, 6.07) is 8.55. The Morgan fingerprint density at radius 1 is 1.09 bits per heavy atom. The number of allylic oxidation sites excluding steroid dienone is 1. The van der Waals surface area contributed by atoms with Gasteiger partial charge in [0, 0.05) is 16.8 Å². The summed E-state index contributed by atoms with van der Waals surface area (Å²) in [4.78, 5) is 14.3. The Morgan fingerprint density at radius 2 is 1.74 bits per heavy atom. The molecule has 2 amide bonds. The zero-order valence-corrected chi connectivity index (χ0v) is 20.1. The second kappa shape index (κ2) is 9.17. The van der Waals surface area contributed by atoms with Gasteiger partial charge in [-0.25, -0.2) is 17.5 Å². The monoisotopic (exact) mass is 522 g/mol. The first-order valence-corrected chi connectivity index (χ1v) is 13.1. The summed E-state index contributed by atoms with van der Waals surface area (Å²) in [7, 11) is -6.15. The van der Waals surface area contributed by atoms with Crippen molar-refractivity contribution in [2.24, 2.45) is 0 Å². The van der Waals surface area contributed by atoms with Crippen molar-refractivity contribution < 1.29 is 30.6 Å². The molecule has 0 saturated carbocycles. The Bertz CT molecular complexity index is 1470. The number of sulfonamides is 1. The van der Waals surface area contributed by atoms with E-state index in [1.54, 1.807) is 0 Å². The van der Waals surface area contributed by atoms with Crippen LogP contribution >= 0.6 is 0 Å². The van der Waals surface area contributed by atoms with Crippen molar-refractivity contribution in [3.63, 3.8) is 0 Å². The molecule has 8 nitrogen and oxygen atoms in total. The maximum atomic E-state index is 13.5. The van der Waals surface area contributed by atoms with Crippen LogP contribution in [0.2, 0.25) is 0 Å². The van der Waals surface area contributed by atoms with Gasteiger partial charge in [-0.05, 0) is 42.8 Å². The fourth-order valence-corrected chi connectivity index (χ4v) is 5.52. The van der Waals surface area contributed by atoms with E-state index in [0.29, 0.717) is 16.6 Å². The van der Waals surface area contributed by atoms with E-state index in [1.165, 1.54) is 37.4 Å². The molecule has 35 heavy (non-hydrogen) atoms. The SMILES string of the molecule is CC1=C(C#N)C(c2ccc(C#N)cc2S(C)=O)N(S(C)(=O)=O)C(=O)N1c1cccc(C(F)(F)F)c1. The molecule has 1 heterocycles. The van der Waals surface area contributed by atoms with Gasteiger partial charge in [-0.15, -0.1) is 0 Å². The van der Waals surface area contributed by atoms with Crippen molar-refractivity contribution in [1.29, 1.82) is 10.5 Å². The number of hydrogen-bond donors (Lipinski definition) is 0. The highest BCUT2D eigenvalue weighted by Crippen LogP contribution is 2.43. The Balaban J connectivity index is 2.37. The summed E-state index contributed by atoms with van der Waals surface area (Å²) >= 11 is 0. The average molecular weight is 523 g/mol. The smallest absolute Gasteiger partial charge is 0.265 e. The second-order valence-corrected chi connectivity index (χ2v) is 10.8. The lowest BCUT2D eigenvalue weighted by atomic mass is 9.94. The van der Waals surface area contributed by atoms with Crippen LogP contribution in [0.3, 0.4) is 0 Å². The van der Waals surface area contributed by atoms with Crippen molar-refractivity contribution in [2.75, 3.05) is 17.4 Å². The third-order valence-electron chi connectivity index (χ3n) is 5.27. The normalized spacial score (nSPS) is 17.7. The standard InChI is InChI=1S/C22H17F3N4O4S2/c1-13-18(12-27)20(17-8-7-14(11-26)9-19(17)34(2)31)29(35(3,32)33)21(30)28(13)16-6-4-5-15(10-16)22(23,24)25/h4-10,20H,1-3H3. The summed E-state index contributed by atoms with van der Waals surface area (Å²) in [5, 5.41) is 19.2. The van der Waals surface area contributed by atoms with Gasteiger partial charge in [0.15, 0.2) is 0 Å². The van der Waals surface area contributed by atoms with Crippen molar-refractivity contribution in [1.82, 2.24) is 4.31 Å². The molecule has 0 spiro atoms. The van der Waals surface area contributed by atoms with Gasteiger partial charge < -0.3 is 0 Å². The summed E-state index contributed by atoms with van der Waals surface area (Å²) in [5.41, 5.74) is -1.57. The lowest BCUT2D eigenvalue weighted by Crippen LogP contribution is -2.51. The fraction of sp³-hybridized carbons (Fsp3) is 0.227. The van der Waals surface area contributed by atoms with Crippen LogP contribution in [0.15, 0.2) is 58.6 Å². The largest absolute Gasteiger partial charge is 0.416 e. The fourth-order valence-electron chi connectivity index (χ4n) is 3.75. The highest BCUT2D eigenvalue weighted by molar-refractivity contribution is 7.89. The van der Waals surface area contributed by atoms with Gasteiger partial charge in [-0.1, -0.05) is 12.1 Å². The number of benzene rings is 2. The van der Waals surface area contributed by atoms with Crippen LogP contribution in [-0.4, -0.2) is 35.5 Å². The molecule has 3 rings (SSSR count). The first kappa shape index (κ1) is 25.9. The number of alkyl halides is 3. The third-order valence-corrected chi connectivity index (χ3v) is 7.32. The van der Waals surface area contributed by atoms with E-state index < -0.39 is 44.6 Å². The molecule has 0 aromatic heterocycles. The molecule has 0 radical (unpaired) electrons. The van der Waals surface area contributed by atoms with Crippen LogP contribution in [0.4, 0.5) is 23.7 Å². The van der Waals surface area contributed by atoms with Crippen LogP contribution in [0.25, 0.3) is 0 Å². The van der Waals surface area contributed by atoms with E-state index in [2.05, 4.69) is 0 Å². The number of amides is 2. The Hall–Kier alpha value is -3.68. The minimum absolute atomic E-state index is 0.0307. The highest BCUT2D eigenvalue weighted by atomic mass is 32.2. The number of anilines is 1. The number of halogens is 3. The average Bonchev–Trinajstić information content (AvgIpc) is 2.77. The minimum Gasteiger partial charge on any atom is -0.265 e. The topological polar surface area (TPSA) is 122 Å². The molecule has 2 atom stereocenters. The van der Waals surface area contributed by atoms with E-state index in [0.717, 1.165) is 17.0 Å². The molecule has 2 unspecified atom stereocenters. The first-order chi connectivity index (χ1) is 16.2. The maximum Gasteiger partial charge on any atom is 0.416 e. The van der Waals surface area contributed by atoms with Crippen LogP contribution < -0.4 is 4.90 Å². The summed E-state index contributed by atoms with van der Waals surface area (Å²) < 4.78 is 78.2. The van der Waals surface area contributed by atoms with Gasteiger partial charge in [0.1, 0.15) is 6.04 Å². The Labute approximate surface area is 202 Å². The van der Waals surface area contributed by atoms with E-state index in [-0.39, 0.29) is 33.0 Å². The molecule has 1 aliphatic heterocycles. The van der Waals surface area contributed by atoms with Crippen molar-refractivity contribution in [3.05, 3.63) is 70.4 Å². The third kappa shape index (κ3) is 4.78. The zero-order chi connectivity index (χ0) is 26.3. The minimum atomic E-state index is -4.73. The van der Waals surface area contributed by atoms with Crippen LogP contribution in [-0.2, 0) is 27.0 Å². The summed E-state index contributed by atoms with van der Waals surface area (Å²) in [6.07, 6.45) is -2.73. The van der Waals surface area contributed by atoms with Crippen LogP contribution in [0.1, 0.15) is 29.7 Å². The lowest BCUT2D eigenvalue weighted by molar-refractivity contribution is -0.137. The molecular formula is C22H17F3N4O4S2. The number of rotatable bonds is 4. The van der Waals surface area contributed by atoms with Gasteiger partial charge in [0.25, 0.3) is 0 Å². The maximum absolute atomic E-state index is 13.5. The molecule has 0 saturated heterocycles. The van der Waals surface area contributed by atoms with E-state index in [1.807, 2.05) is 12.1 Å². The highest BCUT2D eigenvalue weighted by Gasteiger charge is 2.46.